The molecule has 18 N–H and O–H groups in total. The number of nitrogens with one attached hydrogen (secondary N) is 8. The molecule has 0 aliphatic carbocycles. The summed E-state index contributed by atoms with van der Waals surface area (Å²) >= 11 is 0. The highest BCUT2D eigenvalue weighted by atomic mass is 33.1. The molecule has 12 amide bonds. The number of alkyl halides is 3. The molecule has 2 aliphatic rings. The average molecular weight is 1180 g/mol. The van der Waals surface area contributed by atoms with Crippen LogP contribution in [-0.2, 0) is 68.7 Å². The Morgan fingerprint density at radius 3 is 1.90 bits per heavy atom. The van der Waals surface area contributed by atoms with Gasteiger partial charge in [0.15, 0.2) is 0 Å². The van der Waals surface area contributed by atoms with Crippen LogP contribution in [0.25, 0.3) is 0 Å². The Bertz CT molecular complexity index is 2410. The molecule has 0 unspecified atom stereocenters. The average Bonchev–Trinajstić information content (AvgIpc) is 3.87. The van der Waals surface area contributed by atoms with Crippen LogP contribution in [0.1, 0.15) is 78.2 Å². The molecule has 28 nitrogen and oxygen atoms in total. The van der Waals surface area contributed by atoms with E-state index in [0.717, 1.165) is 21.6 Å². The third-order valence-corrected chi connectivity index (χ3v) is 14.4. The van der Waals surface area contributed by atoms with Crippen molar-refractivity contribution in [3.63, 3.8) is 0 Å². The molecule has 2 saturated heterocycles. The summed E-state index contributed by atoms with van der Waals surface area (Å²) in [5.74, 6) is -14.2. The molecule has 0 saturated carbocycles. The van der Waals surface area contributed by atoms with Crippen LogP contribution in [0.15, 0.2) is 24.3 Å². The number of phenols is 1. The Balaban J connectivity index is 0.00000292. The van der Waals surface area contributed by atoms with E-state index < -0.39 is 170 Å². The van der Waals surface area contributed by atoms with E-state index in [0.29, 0.717) is 18.4 Å². The number of benzene rings is 1. The second-order valence-corrected chi connectivity index (χ2v) is 21.5. The van der Waals surface area contributed by atoms with Crippen LogP contribution in [0.2, 0.25) is 0 Å². The number of carboxylic acids is 1. The van der Waals surface area contributed by atoms with Gasteiger partial charge in [0.2, 0.25) is 70.9 Å². The van der Waals surface area contributed by atoms with E-state index in [2.05, 4.69) is 42.5 Å². The lowest BCUT2D eigenvalue weighted by Gasteiger charge is -2.31. The van der Waals surface area contributed by atoms with E-state index in [4.69, 9.17) is 32.8 Å². The Morgan fingerprint density at radius 1 is 0.762 bits per heavy atom. The summed E-state index contributed by atoms with van der Waals surface area (Å²) in [7, 11) is 2.02. The number of primary amides is 3. The van der Waals surface area contributed by atoms with Crippen molar-refractivity contribution in [3.8, 4) is 5.75 Å². The standard InChI is InChI=1S/C45H69N13O13S2.C2HF3O2/c1-5-23(4)37-44(70)52-27(12-13-33(47)60)40(66)54-30(17-34(48)61)41(67)56-31(21-73-72-20-26(46)38(64)53-29(42(68)57-37)16-24-8-10-25(59)11-9-24)45(71)58-14-6-7-32(58)43(69)55-28(15-22(2)3)39(65)51-19-36(63)50-18-35(49)62;3-2(4,5)1(6)7/h8-11,22-23,26-32,37,59H,5-7,12-21,46H2,1-4H3,(H2,47,60)(H2,48,61)(H2,49,62)(H,50,63)(H,51,65)(H,52,70)(H,53,64)(H,54,66)(H,55,69)(H,56,67)(H,57,68);(H,6,7)/t23-,26-,27-,28-,29-,30-,31-,32-,37-;/m0./s1. The van der Waals surface area contributed by atoms with Gasteiger partial charge in [-0.1, -0.05) is 67.8 Å². The number of carboxylic acid groups (broad SMARTS) is 1. The molecule has 0 bridgehead atoms. The molecule has 2 heterocycles. The zero-order valence-corrected chi connectivity index (χ0v) is 45.8. The van der Waals surface area contributed by atoms with Crippen molar-refractivity contribution in [2.45, 2.75) is 134 Å². The van der Waals surface area contributed by atoms with E-state index in [1.807, 2.05) is 0 Å². The van der Waals surface area contributed by atoms with Gasteiger partial charge in [0, 0.05) is 30.9 Å². The molecular formula is C47H70F3N13O15S2. The fourth-order valence-electron chi connectivity index (χ4n) is 7.58. The number of hydrogen-bond acceptors (Lipinski definition) is 17. The minimum Gasteiger partial charge on any atom is -0.508 e. The number of hydrogen-bond donors (Lipinski definition) is 14. The van der Waals surface area contributed by atoms with Crippen LogP contribution in [-0.4, -0.2) is 178 Å². The van der Waals surface area contributed by atoms with Crippen molar-refractivity contribution < 1.29 is 85.7 Å². The number of nitrogens with zero attached hydrogens (tertiary/aromatic N) is 1. The summed E-state index contributed by atoms with van der Waals surface area (Å²) in [5.41, 5.74) is 22.8. The number of likely N-dealkylation sites (tertiary alicyclic amines) is 1. The molecule has 33 heteroatoms. The molecule has 9 atom stereocenters. The maximum atomic E-state index is 14.6. The van der Waals surface area contributed by atoms with E-state index in [1.165, 1.54) is 29.2 Å². The Hall–Kier alpha value is -7.42. The van der Waals surface area contributed by atoms with Gasteiger partial charge in [-0.2, -0.15) is 13.2 Å². The van der Waals surface area contributed by atoms with Gasteiger partial charge in [-0.05, 0) is 55.2 Å². The normalized spacial score (nSPS) is 22.4. The van der Waals surface area contributed by atoms with Gasteiger partial charge in [0.1, 0.15) is 48.0 Å². The zero-order chi connectivity index (χ0) is 60.6. The predicted molar refractivity (Wildman–Crippen MR) is 281 cm³/mol. The fraction of sp³-hybridized carbons (Fsp3) is 0.596. The number of phenolic OH excluding ortho intramolecular Hbond substituents is 1. The third-order valence-electron chi connectivity index (χ3n) is 12.0. The van der Waals surface area contributed by atoms with Crippen LogP contribution in [0.5, 0.6) is 5.75 Å². The highest BCUT2D eigenvalue weighted by Gasteiger charge is 2.41. The van der Waals surface area contributed by atoms with Crippen molar-refractivity contribution in [2.24, 2.45) is 34.8 Å². The number of aromatic hydroxyl groups is 1. The van der Waals surface area contributed by atoms with Gasteiger partial charge >= 0.3 is 12.1 Å². The summed E-state index contributed by atoms with van der Waals surface area (Å²) in [6, 6.07) is -5.29. The summed E-state index contributed by atoms with van der Waals surface area (Å²) in [5, 5.41) is 37.1. The predicted octanol–water partition coefficient (Wildman–Crippen LogP) is -3.86. The molecule has 0 aromatic heterocycles. The van der Waals surface area contributed by atoms with Gasteiger partial charge in [-0.25, -0.2) is 4.79 Å². The largest absolute Gasteiger partial charge is 0.508 e. The minimum atomic E-state index is -5.08. The highest BCUT2D eigenvalue weighted by molar-refractivity contribution is 8.76. The lowest BCUT2D eigenvalue weighted by atomic mass is 9.96. The number of aliphatic carboxylic acids is 1. The van der Waals surface area contributed by atoms with Crippen molar-refractivity contribution >= 4 is 98.4 Å². The van der Waals surface area contributed by atoms with Crippen molar-refractivity contribution in [2.75, 3.05) is 31.1 Å². The van der Waals surface area contributed by atoms with Crippen LogP contribution in [0, 0.1) is 11.8 Å². The summed E-state index contributed by atoms with van der Waals surface area (Å²) in [4.78, 5) is 170. The number of amides is 12. The van der Waals surface area contributed by atoms with Gasteiger partial charge in [-0.3, -0.25) is 57.5 Å². The summed E-state index contributed by atoms with van der Waals surface area (Å²) in [6.45, 7) is 5.99. The van der Waals surface area contributed by atoms with Gasteiger partial charge in [0.05, 0.1) is 25.6 Å². The van der Waals surface area contributed by atoms with Crippen molar-refractivity contribution in [3.05, 3.63) is 29.8 Å². The topological polar surface area (TPSA) is 466 Å². The Kier molecular flexibility index (Phi) is 28.5. The lowest BCUT2D eigenvalue weighted by molar-refractivity contribution is -0.192. The number of carbonyl (C=O) groups excluding carboxylic acids is 12. The van der Waals surface area contributed by atoms with Gasteiger partial charge in [-0.15, -0.1) is 0 Å². The summed E-state index contributed by atoms with van der Waals surface area (Å²) in [6.07, 6.45) is -5.95. The minimum absolute atomic E-state index is 0.0203. The molecule has 1 aromatic rings. The first kappa shape index (κ1) is 68.7. The highest BCUT2D eigenvalue weighted by Crippen LogP contribution is 2.26. The SMILES string of the molecule is CC[C@H](C)[C@@H]1NC(=O)[C@H](Cc2ccc(O)cc2)NC(=O)[C@@H](N)CSSC[C@@H](C(=O)N2CCC[C@H]2C(=O)N[C@@H](CC(C)C)C(=O)NCC(=O)NCC(N)=O)NC(=O)[C@H](CC(N)=O)NC(=O)[C@H](CCC(N)=O)NC1=O.O=C(O)C(F)(F)F. The van der Waals surface area contributed by atoms with E-state index in [1.54, 1.807) is 27.7 Å². The Morgan fingerprint density at radius 2 is 1.34 bits per heavy atom. The second-order valence-electron chi connectivity index (χ2n) is 19.0. The molecule has 3 rings (SSSR count). The molecule has 2 fully saturated rings. The molecule has 2 aliphatic heterocycles. The number of halogens is 3. The number of nitrogens with two attached hydrogens (primary N) is 4. The smallest absolute Gasteiger partial charge is 0.490 e. The second kappa shape index (κ2) is 33.2. The lowest BCUT2D eigenvalue weighted by Crippen LogP contribution is -2.61. The first-order chi connectivity index (χ1) is 37.3. The summed E-state index contributed by atoms with van der Waals surface area (Å²) < 4.78 is 31.7. The number of rotatable bonds is 19. The van der Waals surface area contributed by atoms with Crippen LogP contribution >= 0.6 is 21.6 Å². The molecule has 0 radical (unpaired) electrons. The third kappa shape index (κ3) is 24.3. The van der Waals surface area contributed by atoms with Gasteiger partial charge < -0.3 is 80.6 Å². The van der Waals surface area contributed by atoms with Crippen molar-refractivity contribution in [1.82, 2.24) is 47.4 Å². The van der Waals surface area contributed by atoms with E-state index in [9.17, 15) is 75.8 Å². The molecule has 1 aromatic carbocycles. The first-order valence-corrected chi connectivity index (χ1v) is 27.4. The fourth-order valence-corrected chi connectivity index (χ4v) is 9.86. The van der Waals surface area contributed by atoms with Crippen LogP contribution in [0.3, 0.4) is 0 Å². The molecule has 446 valence electrons. The zero-order valence-electron chi connectivity index (χ0n) is 44.2. The molecule has 80 heavy (non-hydrogen) atoms. The van der Waals surface area contributed by atoms with E-state index >= 15 is 0 Å². The maximum Gasteiger partial charge on any atom is 0.490 e. The van der Waals surface area contributed by atoms with Crippen LogP contribution in [0.4, 0.5) is 13.2 Å². The quantitative estimate of drug-likeness (QED) is 0.0590. The number of carbonyl (C=O) groups is 13. The van der Waals surface area contributed by atoms with Crippen LogP contribution < -0.4 is 65.5 Å². The molecule has 0 spiro atoms. The van der Waals surface area contributed by atoms with Gasteiger partial charge in [0.25, 0.3) is 0 Å². The monoisotopic (exact) mass is 1180 g/mol. The first-order valence-electron chi connectivity index (χ1n) is 24.9. The van der Waals surface area contributed by atoms with E-state index in [-0.39, 0.29) is 49.0 Å². The maximum absolute atomic E-state index is 14.6. The molecular weight excluding hydrogens is 1110 g/mol. The Labute approximate surface area is 465 Å². The van der Waals surface area contributed by atoms with Crippen molar-refractivity contribution in [1.29, 1.82) is 0 Å².